The van der Waals surface area contributed by atoms with Crippen LogP contribution in [0.25, 0.3) is 16.9 Å². The maximum Gasteiger partial charge on any atom is 0.277 e. The van der Waals surface area contributed by atoms with Crippen LogP contribution in [0, 0.1) is 20.8 Å². The van der Waals surface area contributed by atoms with Gasteiger partial charge in [-0.25, -0.2) is 0 Å². The monoisotopic (exact) mass is 444 g/mol. The summed E-state index contributed by atoms with van der Waals surface area (Å²) in [6.45, 7) is 5.89. The van der Waals surface area contributed by atoms with Crippen LogP contribution in [0.1, 0.15) is 28.8 Å². The smallest absolute Gasteiger partial charge is 0.277 e. The van der Waals surface area contributed by atoms with Crippen molar-refractivity contribution in [1.29, 1.82) is 0 Å². The summed E-state index contributed by atoms with van der Waals surface area (Å²) < 4.78 is 8.80. The van der Waals surface area contributed by atoms with E-state index in [1.807, 2.05) is 74.9 Å². The van der Waals surface area contributed by atoms with E-state index >= 15 is 0 Å². The first kappa shape index (κ1) is 22.3. The minimum atomic E-state index is -0.207. The number of carbonyl (C=O) groups excluding carboxylic acids is 1. The molecule has 4 aromatic rings. The van der Waals surface area contributed by atoms with Crippen LogP contribution in [-0.2, 0) is 18.3 Å². The fourth-order valence-corrected chi connectivity index (χ4v) is 4.20. The standard InChI is InChI=1S/C26H28N4O3/c1-16-12-17(2)14-19(13-16)27-24(31)11-10-20-18(3)29(4)25-15-22(28-30(25)26(20)32)21-8-6-7-9-23(21)33-5/h6-9,12-15H,10-11H2,1-5H3,(H,27,31). The first-order valence-electron chi connectivity index (χ1n) is 10.9. The molecule has 7 heteroatoms. The quantitative estimate of drug-likeness (QED) is 0.483. The molecule has 0 aliphatic heterocycles. The zero-order valence-electron chi connectivity index (χ0n) is 19.6. The van der Waals surface area contributed by atoms with Crippen LogP contribution in [0.15, 0.2) is 53.3 Å². The molecule has 7 nitrogen and oxygen atoms in total. The molecule has 0 aliphatic rings. The summed E-state index contributed by atoms with van der Waals surface area (Å²) in [6, 6.07) is 15.4. The highest BCUT2D eigenvalue weighted by Crippen LogP contribution is 2.29. The molecule has 0 atom stereocenters. The van der Waals surface area contributed by atoms with Gasteiger partial charge in [-0.05, 0) is 62.6 Å². The Balaban J connectivity index is 1.63. The molecule has 33 heavy (non-hydrogen) atoms. The van der Waals surface area contributed by atoms with E-state index in [0.29, 0.717) is 29.1 Å². The van der Waals surface area contributed by atoms with E-state index in [0.717, 1.165) is 28.1 Å². The largest absolute Gasteiger partial charge is 0.496 e. The predicted octanol–water partition coefficient (Wildman–Crippen LogP) is 4.21. The molecule has 0 bridgehead atoms. The number of aromatic nitrogens is 3. The molecule has 0 fully saturated rings. The summed E-state index contributed by atoms with van der Waals surface area (Å²) >= 11 is 0. The molecule has 1 N–H and O–H groups in total. The zero-order chi connectivity index (χ0) is 23.7. The molecule has 2 heterocycles. The average molecular weight is 445 g/mol. The number of hydrogen-bond acceptors (Lipinski definition) is 4. The molecule has 0 saturated carbocycles. The van der Waals surface area contributed by atoms with Crippen LogP contribution in [-0.4, -0.2) is 27.2 Å². The van der Waals surface area contributed by atoms with Crippen molar-refractivity contribution >= 4 is 17.2 Å². The van der Waals surface area contributed by atoms with Gasteiger partial charge in [-0.3, -0.25) is 9.59 Å². The molecule has 2 aromatic carbocycles. The van der Waals surface area contributed by atoms with E-state index in [1.54, 1.807) is 7.11 Å². The number of methoxy groups -OCH3 is 1. The first-order chi connectivity index (χ1) is 15.8. The second-order valence-electron chi connectivity index (χ2n) is 8.35. The van der Waals surface area contributed by atoms with Crippen molar-refractivity contribution in [2.24, 2.45) is 7.05 Å². The number of anilines is 1. The van der Waals surface area contributed by atoms with Crippen LogP contribution in [0.4, 0.5) is 5.69 Å². The van der Waals surface area contributed by atoms with Gasteiger partial charge in [0.2, 0.25) is 5.91 Å². The molecule has 0 radical (unpaired) electrons. The number of aryl methyl sites for hydroxylation is 3. The van der Waals surface area contributed by atoms with E-state index in [9.17, 15) is 9.59 Å². The number of benzene rings is 2. The Labute approximate surface area is 192 Å². The SMILES string of the molecule is COc1ccccc1-c1cc2n(C)c(C)c(CCC(=O)Nc3cc(C)cc(C)c3)c(=O)n2n1. The Morgan fingerprint density at radius 2 is 1.76 bits per heavy atom. The van der Waals surface area contributed by atoms with Crippen LogP contribution in [0.3, 0.4) is 0 Å². The summed E-state index contributed by atoms with van der Waals surface area (Å²) in [5.74, 6) is 0.563. The van der Waals surface area contributed by atoms with Gasteiger partial charge in [0.25, 0.3) is 5.56 Å². The minimum Gasteiger partial charge on any atom is -0.496 e. The van der Waals surface area contributed by atoms with Gasteiger partial charge in [0.1, 0.15) is 11.4 Å². The van der Waals surface area contributed by atoms with Gasteiger partial charge in [0.05, 0.1) is 12.8 Å². The van der Waals surface area contributed by atoms with Crippen molar-refractivity contribution in [2.75, 3.05) is 12.4 Å². The number of rotatable bonds is 6. The summed E-state index contributed by atoms with van der Waals surface area (Å²) in [4.78, 5) is 25.9. The maximum absolute atomic E-state index is 13.3. The summed E-state index contributed by atoms with van der Waals surface area (Å²) in [5.41, 5.74) is 6.29. The molecule has 0 spiro atoms. The third-order valence-corrected chi connectivity index (χ3v) is 5.92. The zero-order valence-corrected chi connectivity index (χ0v) is 19.6. The molecular formula is C26H28N4O3. The van der Waals surface area contributed by atoms with Crippen LogP contribution >= 0.6 is 0 Å². The lowest BCUT2D eigenvalue weighted by atomic mass is 10.1. The molecule has 0 unspecified atom stereocenters. The van der Waals surface area contributed by atoms with Crippen molar-refractivity contribution in [3.8, 4) is 17.0 Å². The number of fused-ring (bicyclic) bond motifs is 1. The van der Waals surface area contributed by atoms with Crippen molar-refractivity contribution in [3.63, 3.8) is 0 Å². The summed E-state index contributed by atoms with van der Waals surface area (Å²) in [5, 5.41) is 7.51. The minimum absolute atomic E-state index is 0.128. The van der Waals surface area contributed by atoms with Crippen molar-refractivity contribution in [2.45, 2.75) is 33.6 Å². The highest BCUT2D eigenvalue weighted by Gasteiger charge is 2.18. The van der Waals surface area contributed by atoms with Gasteiger partial charge >= 0.3 is 0 Å². The third kappa shape index (κ3) is 4.39. The lowest BCUT2D eigenvalue weighted by Crippen LogP contribution is -2.26. The van der Waals surface area contributed by atoms with Crippen LogP contribution < -0.4 is 15.6 Å². The summed E-state index contributed by atoms with van der Waals surface area (Å²) in [6.07, 6.45) is 0.532. The number of ether oxygens (including phenoxy) is 1. The number of amides is 1. The highest BCUT2D eigenvalue weighted by atomic mass is 16.5. The van der Waals surface area contributed by atoms with Gasteiger partial charge in [-0.2, -0.15) is 9.61 Å². The first-order valence-corrected chi connectivity index (χ1v) is 10.9. The van der Waals surface area contributed by atoms with Gasteiger partial charge in [0, 0.05) is 42.0 Å². The van der Waals surface area contributed by atoms with Gasteiger partial charge in [-0.15, -0.1) is 0 Å². The molecule has 4 rings (SSSR count). The second kappa shape index (κ2) is 8.94. The lowest BCUT2D eigenvalue weighted by Gasteiger charge is -2.12. The Bertz CT molecular complexity index is 1400. The Morgan fingerprint density at radius 1 is 1.06 bits per heavy atom. The van der Waals surface area contributed by atoms with E-state index in [2.05, 4.69) is 16.5 Å². The predicted molar refractivity (Wildman–Crippen MR) is 130 cm³/mol. The number of hydrogen-bond donors (Lipinski definition) is 1. The highest BCUT2D eigenvalue weighted by molar-refractivity contribution is 5.91. The van der Waals surface area contributed by atoms with E-state index in [4.69, 9.17) is 4.74 Å². The van der Waals surface area contributed by atoms with Gasteiger partial charge in [0.15, 0.2) is 0 Å². The van der Waals surface area contributed by atoms with E-state index in [1.165, 1.54) is 4.52 Å². The topological polar surface area (TPSA) is 77.6 Å². The van der Waals surface area contributed by atoms with Crippen molar-refractivity contribution < 1.29 is 9.53 Å². The molecule has 0 saturated heterocycles. The van der Waals surface area contributed by atoms with Crippen LogP contribution in [0.5, 0.6) is 5.75 Å². The molecule has 1 amide bonds. The van der Waals surface area contributed by atoms with Crippen molar-refractivity contribution in [3.05, 3.63) is 81.3 Å². The molecule has 0 aliphatic carbocycles. The number of carbonyl (C=O) groups is 1. The molecule has 170 valence electrons. The lowest BCUT2D eigenvalue weighted by molar-refractivity contribution is -0.116. The Morgan fingerprint density at radius 3 is 2.45 bits per heavy atom. The fourth-order valence-electron chi connectivity index (χ4n) is 4.20. The average Bonchev–Trinajstić information content (AvgIpc) is 3.22. The normalized spacial score (nSPS) is 11.1. The van der Waals surface area contributed by atoms with E-state index < -0.39 is 0 Å². The maximum atomic E-state index is 13.3. The van der Waals surface area contributed by atoms with Crippen molar-refractivity contribution in [1.82, 2.24) is 14.2 Å². The van der Waals surface area contributed by atoms with Gasteiger partial charge in [-0.1, -0.05) is 18.2 Å². The second-order valence-corrected chi connectivity index (χ2v) is 8.35. The number of nitrogens with zero attached hydrogens (tertiary/aromatic N) is 3. The summed E-state index contributed by atoms with van der Waals surface area (Å²) in [7, 11) is 3.51. The molecular weight excluding hydrogens is 416 g/mol. The number of para-hydroxylation sites is 1. The Kier molecular flexibility index (Phi) is 6.05. The van der Waals surface area contributed by atoms with E-state index in [-0.39, 0.29) is 17.9 Å². The fraction of sp³-hybridized carbons (Fsp3) is 0.269. The Hall–Kier alpha value is -3.87. The number of nitrogens with one attached hydrogen (secondary N) is 1. The third-order valence-electron chi connectivity index (χ3n) is 5.92. The van der Waals surface area contributed by atoms with Crippen LogP contribution in [0.2, 0.25) is 0 Å². The van der Waals surface area contributed by atoms with Gasteiger partial charge < -0.3 is 14.6 Å². The molecule has 2 aromatic heterocycles.